The molecule has 0 aliphatic carbocycles. The highest BCUT2D eigenvalue weighted by atomic mass is 16.5. The van der Waals surface area contributed by atoms with Gasteiger partial charge in [-0.05, 0) is 12.1 Å². The Hall–Kier alpha value is -4.21. The zero-order chi connectivity index (χ0) is 23.8. The number of hydrogen-bond donors (Lipinski definition) is 4. The van der Waals surface area contributed by atoms with Gasteiger partial charge in [0.2, 0.25) is 11.6 Å². The van der Waals surface area contributed by atoms with Gasteiger partial charge in [0.05, 0.1) is 0 Å². The molecule has 2 atom stereocenters. The van der Waals surface area contributed by atoms with Crippen LogP contribution in [0.4, 0.5) is 0 Å². The van der Waals surface area contributed by atoms with Crippen molar-refractivity contribution in [3.05, 3.63) is 102 Å². The Labute approximate surface area is 182 Å². The largest absolute Gasteiger partial charge is 0.479 e. The number of carboxylic acid groups (broad SMARTS) is 2. The van der Waals surface area contributed by atoms with E-state index in [2.05, 4.69) is 4.98 Å². The lowest BCUT2D eigenvalue weighted by molar-refractivity contribution is -0.187. The van der Waals surface area contributed by atoms with Gasteiger partial charge in [-0.25, -0.2) is 9.59 Å². The third-order valence-electron chi connectivity index (χ3n) is 4.44. The summed E-state index contributed by atoms with van der Waals surface area (Å²) in [5, 5.41) is 39.9. The third kappa shape index (κ3) is 4.59. The predicted molar refractivity (Wildman–Crippen MR) is 111 cm³/mol. The van der Waals surface area contributed by atoms with Gasteiger partial charge in [0, 0.05) is 23.5 Å². The summed E-state index contributed by atoms with van der Waals surface area (Å²) in [5.41, 5.74) is -8.68. The van der Waals surface area contributed by atoms with Crippen molar-refractivity contribution in [1.82, 2.24) is 4.98 Å². The number of rotatable bonds is 7. The number of carbonyl (C=O) groups is 4. The van der Waals surface area contributed by atoms with Crippen molar-refractivity contribution in [2.45, 2.75) is 11.2 Å². The maximum absolute atomic E-state index is 12.6. The molecule has 0 saturated carbocycles. The van der Waals surface area contributed by atoms with E-state index in [1.54, 1.807) is 12.4 Å². The number of hydrogen-bond acceptors (Lipinski definition) is 7. The molecule has 3 rings (SSSR count). The van der Waals surface area contributed by atoms with Crippen LogP contribution < -0.4 is 0 Å². The molecule has 0 aliphatic heterocycles. The van der Waals surface area contributed by atoms with E-state index >= 15 is 0 Å². The van der Waals surface area contributed by atoms with Crippen molar-refractivity contribution in [1.29, 1.82) is 0 Å². The number of aliphatic hydroxyl groups is 2. The zero-order valence-electron chi connectivity index (χ0n) is 16.5. The molecule has 2 unspecified atom stereocenters. The molecule has 0 fully saturated rings. The second-order valence-electron chi connectivity index (χ2n) is 6.45. The van der Waals surface area contributed by atoms with Crippen molar-refractivity contribution in [2.24, 2.45) is 0 Å². The highest BCUT2D eigenvalue weighted by Crippen LogP contribution is 2.31. The van der Waals surface area contributed by atoms with Crippen molar-refractivity contribution >= 4 is 23.5 Å². The molecule has 0 spiro atoms. The Morgan fingerprint density at radius 2 is 0.875 bits per heavy atom. The van der Waals surface area contributed by atoms with Gasteiger partial charge < -0.3 is 20.4 Å². The molecule has 0 amide bonds. The molecule has 32 heavy (non-hydrogen) atoms. The van der Waals surface area contributed by atoms with Gasteiger partial charge >= 0.3 is 11.9 Å². The zero-order valence-corrected chi connectivity index (χ0v) is 16.5. The number of aromatic nitrogens is 1. The van der Waals surface area contributed by atoms with Crippen molar-refractivity contribution < 1.29 is 39.6 Å². The summed E-state index contributed by atoms with van der Waals surface area (Å²) in [7, 11) is 0. The Balaban J connectivity index is 0.000000520. The van der Waals surface area contributed by atoms with Gasteiger partial charge in [0.15, 0.2) is 0 Å². The summed E-state index contributed by atoms with van der Waals surface area (Å²) in [5.74, 6) is -8.03. The standard InChI is InChI=1S/C18H14O8.C5H5N/c19-13(11-7-3-1-4-8-11)17(25,15(21)22)18(26,16(23)24)14(20)12-9-5-2-6-10-12;1-2-4-6-5-3-1/h1-10,25-26H,(H,21,22)(H,23,24);1-5H. The first kappa shape index (κ1) is 24.1. The van der Waals surface area contributed by atoms with Gasteiger partial charge in [-0.3, -0.25) is 14.6 Å². The minimum Gasteiger partial charge on any atom is -0.479 e. The van der Waals surface area contributed by atoms with E-state index in [1.165, 1.54) is 36.4 Å². The fraction of sp³-hybridized carbons (Fsp3) is 0.0870. The van der Waals surface area contributed by atoms with Crippen LogP contribution in [0, 0.1) is 0 Å². The van der Waals surface area contributed by atoms with E-state index in [0.717, 1.165) is 24.3 Å². The molecule has 164 valence electrons. The lowest BCUT2D eigenvalue weighted by atomic mass is 9.73. The maximum atomic E-state index is 12.6. The molecular weight excluding hydrogens is 418 g/mol. The number of pyridine rings is 1. The van der Waals surface area contributed by atoms with E-state index < -0.39 is 45.8 Å². The summed E-state index contributed by atoms with van der Waals surface area (Å²) in [4.78, 5) is 52.3. The molecule has 9 nitrogen and oxygen atoms in total. The van der Waals surface area contributed by atoms with Crippen LogP contribution in [0.25, 0.3) is 0 Å². The number of carbonyl (C=O) groups excluding carboxylic acids is 2. The molecule has 4 N–H and O–H groups in total. The summed E-state index contributed by atoms with van der Waals surface area (Å²) < 4.78 is 0. The van der Waals surface area contributed by atoms with Gasteiger partial charge in [0.25, 0.3) is 11.2 Å². The highest BCUT2D eigenvalue weighted by Gasteiger charge is 2.69. The van der Waals surface area contributed by atoms with Crippen LogP contribution in [0.3, 0.4) is 0 Å². The molecule has 0 bridgehead atoms. The lowest BCUT2D eigenvalue weighted by Gasteiger charge is -2.34. The number of nitrogens with zero attached hydrogens (tertiary/aromatic N) is 1. The Kier molecular flexibility index (Phi) is 7.67. The van der Waals surface area contributed by atoms with Gasteiger partial charge in [0.1, 0.15) is 0 Å². The number of carboxylic acids is 2. The number of Topliss-reactive ketones (excluding diaryl/α,β-unsaturated/α-hetero) is 2. The normalized spacial score (nSPS) is 13.9. The summed E-state index contributed by atoms with van der Waals surface area (Å²) >= 11 is 0. The Morgan fingerprint density at radius 3 is 1.09 bits per heavy atom. The van der Waals surface area contributed by atoms with Crippen LogP contribution in [0.15, 0.2) is 91.3 Å². The van der Waals surface area contributed by atoms with Crippen LogP contribution in [-0.2, 0) is 9.59 Å². The summed E-state index contributed by atoms with van der Waals surface area (Å²) in [6.07, 6.45) is 3.50. The molecule has 2 aromatic carbocycles. The fourth-order valence-electron chi connectivity index (χ4n) is 2.74. The number of benzene rings is 2. The monoisotopic (exact) mass is 437 g/mol. The van der Waals surface area contributed by atoms with Crippen LogP contribution in [0.5, 0.6) is 0 Å². The predicted octanol–water partition coefficient (Wildman–Crippen LogP) is 1.47. The van der Waals surface area contributed by atoms with Gasteiger partial charge in [-0.2, -0.15) is 0 Å². The lowest BCUT2D eigenvalue weighted by Crippen LogP contribution is -2.71. The van der Waals surface area contributed by atoms with Crippen LogP contribution in [-0.4, -0.2) is 60.1 Å². The first-order valence-electron chi connectivity index (χ1n) is 9.13. The molecule has 3 aromatic rings. The summed E-state index contributed by atoms with van der Waals surface area (Å²) in [6, 6.07) is 18.5. The van der Waals surface area contributed by atoms with Crippen molar-refractivity contribution in [3.63, 3.8) is 0 Å². The van der Waals surface area contributed by atoms with Crippen LogP contribution in [0.2, 0.25) is 0 Å². The van der Waals surface area contributed by atoms with Crippen molar-refractivity contribution in [3.8, 4) is 0 Å². The molecule has 1 heterocycles. The second kappa shape index (κ2) is 10.2. The molecule has 0 radical (unpaired) electrons. The topological polar surface area (TPSA) is 162 Å². The first-order chi connectivity index (χ1) is 15.2. The van der Waals surface area contributed by atoms with E-state index in [1.807, 2.05) is 18.2 Å². The minimum absolute atomic E-state index is 0.391. The second-order valence-corrected chi connectivity index (χ2v) is 6.45. The van der Waals surface area contributed by atoms with Crippen LogP contribution in [0.1, 0.15) is 20.7 Å². The van der Waals surface area contributed by atoms with E-state index in [-0.39, 0.29) is 0 Å². The van der Waals surface area contributed by atoms with Crippen molar-refractivity contribution in [2.75, 3.05) is 0 Å². The molecular formula is C23H19NO8. The average molecular weight is 437 g/mol. The van der Waals surface area contributed by atoms with E-state index in [0.29, 0.717) is 0 Å². The van der Waals surface area contributed by atoms with E-state index in [9.17, 15) is 39.6 Å². The fourth-order valence-corrected chi connectivity index (χ4v) is 2.74. The Bertz CT molecular complexity index is 989. The average Bonchev–Trinajstić information content (AvgIpc) is 2.84. The molecule has 0 saturated heterocycles. The maximum Gasteiger partial charge on any atom is 0.348 e. The minimum atomic E-state index is -3.95. The first-order valence-corrected chi connectivity index (χ1v) is 9.13. The third-order valence-corrected chi connectivity index (χ3v) is 4.44. The smallest absolute Gasteiger partial charge is 0.348 e. The highest BCUT2D eigenvalue weighted by molar-refractivity contribution is 6.28. The molecule has 0 aliphatic rings. The van der Waals surface area contributed by atoms with E-state index in [4.69, 9.17) is 0 Å². The molecule has 9 heteroatoms. The SMILES string of the molecule is O=C(O)C(O)(C(=O)c1ccccc1)C(O)(C(=O)O)C(=O)c1ccccc1.c1ccncc1. The Morgan fingerprint density at radius 1 is 0.562 bits per heavy atom. The van der Waals surface area contributed by atoms with Crippen LogP contribution >= 0.6 is 0 Å². The van der Waals surface area contributed by atoms with Gasteiger partial charge in [-0.1, -0.05) is 66.7 Å². The summed E-state index contributed by atoms with van der Waals surface area (Å²) in [6.45, 7) is 0. The quantitative estimate of drug-likeness (QED) is 0.317. The molecule has 1 aromatic heterocycles. The number of aliphatic carboxylic acids is 2. The number of ketones is 2. The van der Waals surface area contributed by atoms with Gasteiger partial charge in [-0.15, -0.1) is 0 Å².